The number of hydrogen-bond donors (Lipinski definition) is 1. The van der Waals surface area contributed by atoms with Crippen LogP contribution in [0.5, 0.6) is 11.5 Å². The van der Waals surface area contributed by atoms with E-state index in [1.807, 2.05) is 25.1 Å². The van der Waals surface area contributed by atoms with Crippen LogP contribution in [0, 0.1) is 0 Å². The summed E-state index contributed by atoms with van der Waals surface area (Å²) < 4.78 is 11.5. The molecule has 5 heteroatoms. The predicted octanol–water partition coefficient (Wildman–Crippen LogP) is 4.59. The van der Waals surface area contributed by atoms with Crippen molar-refractivity contribution < 1.29 is 14.6 Å². The lowest BCUT2D eigenvalue weighted by atomic mass is 10.0. The highest BCUT2D eigenvalue weighted by molar-refractivity contribution is 9.10. The number of hydrogen-bond acceptors (Lipinski definition) is 3. The first-order valence-electron chi connectivity index (χ1n) is 6.50. The van der Waals surface area contributed by atoms with Crippen LogP contribution in [-0.4, -0.2) is 18.8 Å². The molecule has 0 saturated heterocycles. The van der Waals surface area contributed by atoms with E-state index >= 15 is 0 Å². The van der Waals surface area contributed by atoms with Gasteiger partial charge in [-0.15, -0.1) is 0 Å². The number of benzene rings is 2. The summed E-state index contributed by atoms with van der Waals surface area (Å²) in [5, 5.41) is 11.1. The van der Waals surface area contributed by atoms with Gasteiger partial charge in [-0.3, -0.25) is 0 Å². The van der Waals surface area contributed by atoms with Gasteiger partial charge in [-0.25, -0.2) is 0 Å². The Morgan fingerprint density at radius 3 is 2.52 bits per heavy atom. The van der Waals surface area contributed by atoms with Crippen molar-refractivity contribution >= 4 is 27.5 Å². The number of aliphatic hydroxyl groups is 1. The maximum atomic E-state index is 10.6. The van der Waals surface area contributed by atoms with Crippen LogP contribution in [-0.2, 0) is 0 Å². The number of rotatable bonds is 5. The minimum atomic E-state index is -0.828. The normalized spacial score (nSPS) is 12.0. The Morgan fingerprint density at radius 1 is 1.19 bits per heavy atom. The van der Waals surface area contributed by atoms with E-state index in [9.17, 15) is 5.11 Å². The third kappa shape index (κ3) is 3.70. The second kappa shape index (κ2) is 7.16. The molecular weight excluding hydrogens is 356 g/mol. The molecule has 112 valence electrons. The fraction of sp³-hybridized carbons (Fsp3) is 0.250. The van der Waals surface area contributed by atoms with E-state index < -0.39 is 6.10 Å². The van der Waals surface area contributed by atoms with E-state index in [1.165, 1.54) is 0 Å². The zero-order chi connectivity index (χ0) is 15.4. The molecule has 1 N–H and O–H groups in total. The average Bonchev–Trinajstić information content (AvgIpc) is 2.48. The van der Waals surface area contributed by atoms with Gasteiger partial charge in [0.2, 0.25) is 0 Å². The van der Waals surface area contributed by atoms with Gasteiger partial charge in [0.05, 0.1) is 18.2 Å². The summed E-state index contributed by atoms with van der Waals surface area (Å²) in [7, 11) is 1.56. The highest BCUT2D eigenvalue weighted by Crippen LogP contribution is 2.35. The zero-order valence-corrected chi connectivity index (χ0v) is 14.1. The number of methoxy groups -OCH3 is 1. The zero-order valence-electron chi connectivity index (χ0n) is 11.8. The standard InChI is InChI=1S/C16H16BrClO3/c1-3-21-15-6-4-10(8-13(15)17)16(19)12-9-11(18)5-7-14(12)20-2/h4-9,16,19H,3H2,1-2H3. The van der Waals surface area contributed by atoms with Crippen LogP contribution in [0.4, 0.5) is 0 Å². The molecule has 0 aliphatic heterocycles. The van der Waals surface area contributed by atoms with Gasteiger partial charge in [0.1, 0.15) is 17.6 Å². The van der Waals surface area contributed by atoms with Gasteiger partial charge in [0.15, 0.2) is 0 Å². The minimum absolute atomic E-state index is 0.551. The molecule has 2 aromatic carbocycles. The van der Waals surface area contributed by atoms with Crippen molar-refractivity contribution in [3.05, 3.63) is 57.0 Å². The number of halogens is 2. The molecular formula is C16H16BrClO3. The van der Waals surface area contributed by atoms with Gasteiger partial charge >= 0.3 is 0 Å². The Balaban J connectivity index is 2.38. The van der Waals surface area contributed by atoms with Crippen molar-refractivity contribution in [1.82, 2.24) is 0 Å². The summed E-state index contributed by atoms with van der Waals surface area (Å²) in [6.45, 7) is 2.51. The van der Waals surface area contributed by atoms with E-state index in [4.69, 9.17) is 21.1 Å². The van der Waals surface area contributed by atoms with Crippen LogP contribution in [0.1, 0.15) is 24.2 Å². The fourth-order valence-electron chi connectivity index (χ4n) is 2.06. The first-order chi connectivity index (χ1) is 10.1. The van der Waals surface area contributed by atoms with E-state index in [-0.39, 0.29) is 0 Å². The van der Waals surface area contributed by atoms with E-state index in [2.05, 4.69) is 15.9 Å². The van der Waals surface area contributed by atoms with E-state index in [0.717, 1.165) is 15.8 Å². The Labute approximate surface area is 137 Å². The summed E-state index contributed by atoms with van der Waals surface area (Å²) in [5.41, 5.74) is 1.35. The topological polar surface area (TPSA) is 38.7 Å². The Morgan fingerprint density at radius 2 is 1.90 bits per heavy atom. The molecule has 1 atom stereocenters. The van der Waals surface area contributed by atoms with E-state index in [1.54, 1.807) is 25.3 Å². The Bertz CT molecular complexity index is 631. The lowest BCUT2D eigenvalue weighted by Crippen LogP contribution is -2.03. The smallest absolute Gasteiger partial charge is 0.133 e. The second-order valence-corrected chi connectivity index (χ2v) is 5.70. The minimum Gasteiger partial charge on any atom is -0.496 e. The molecule has 0 fully saturated rings. The summed E-state index contributed by atoms with van der Waals surface area (Å²) >= 11 is 9.45. The van der Waals surface area contributed by atoms with Crippen LogP contribution in [0.2, 0.25) is 5.02 Å². The van der Waals surface area contributed by atoms with Gasteiger partial charge < -0.3 is 14.6 Å². The highest BCUT2D eigenvalue weighted by atomic mass is 79.9. The van der Waals surface area contributed by atoms with Gasteiger partial charge in [0.25, 0.3) is 0 Å². The summed E-state index contributed by atoms with van der Waals surface area (Å²) in [5.74, 6) is 1.34. The molecule has 0 saturated carbocycles. The number of ether oxygens (including phenoxy) is 2. The Kier molecular flexibility index (Phi) is 5.51. The first-order valence-corrected chi connectivity index (χ1v) is 7.67. The molecule has 2 rings (SSSR count). The lowest BCUT2D eigenvalue weighted by molar-refractivity contribution is 0.214. The number of aliphatic hydroxyl groups excluding tert-OH is 1. The van der Waals surface area contributed by atoms with Crippen molar-refractivity contribution in [2.45, 2.75) is 13.0 Å². The van der Waals surface area contributed by atoms with Crippen molar-refractivity contribution in [1.29, 1.82) is 0 Å². The van der Waals surface area contributed by atoms with Gasteiger partial charge in [-0.05, 0) is 58.7 Å². The highest BCUT2D eigenvalue weighted by Gasteiger charge is 2.17. The maximum absolute atomic E-state index is 10.6. The van der Waals surface area contributed by atoms with Gasteiger partial charge in [0, 0.05) is 10.6 Å². The third-order valence-corrected chi connectivity index (χ3v) is 3.91. The molecule has 0 bridgehead atoms. The van der Waals surface area contributed by atoms with Crippen LogP contribution in [0.25, 0.3) is 0 Å². The molecule has 0 heterocycles. The SMILES string of the molecule is CCOc1ccc(C(O)c2cc(Cl)ccc2OC)cc1Br. The van der Waals surface area contributed by atoms with Crippen molar-refractivity contribution in [3.63, 3.8) is 0 Å². The molecule has 0 aliphatic carbocycles. The van der Waals surface area contributed by atoms with Gasteiger partial charge in [-0.2, -0.15) is 0 Å². The molecule has 1 unspecified atom stereocenters. The van der Waals surface area contributed by atoms with Crippen LogP contribution < -0.4 is 9.47 Å². The molecule has 0 amide bonds. The molecule has 0 aliphatic rings. The lowest BCUT2D eigenvalue weighted by Gasteiger charge is -2.16. The molecule has 2 aromatic rings. The maximum Gasteiger partial charge on any atom is 0.133 e. The average molecular weight is 372 g/mol. The quantitative estimate of drug-likeness (QED) is 0.835. The van der Waals surface area contributed by atoms with Crippen molar-refractivity contribution in [2.24, 2.45) is 0 Å². The van der Waals surface area contributed by atoms with E-state index in [0.29, 0.717) is 22.9 Å². The molecule has 0 radical (unpaired) electrons. The molecule has 0 spiro atoms. The molecule has 3 nitrogen and oxygen atoms in total. The van der Waals surface area contributed by atoms with Crippen LogP contribution in [0.15, 0.2) is 40.9 Å². The van der Waals surface area contributed by atoms with Crippen molar-refractivity contribution in [3.8, 4) is 11.5 Å². The molecule has 21 heavy (non-hydrogen) atoms. The van der Waals surface area contributed by atoms with Gasteiger partial charge in [-0.1, -0.05) is 17.7 Å². The van der Waals surface area contributed by atoms with Crippen LogP contribution >= 0.6 is 27.5 Å². The fourth-order valence-corrected chi connectivity index (χ4v) is 2.75. The third-order valence-electron chi connectivity index (χ3n) is 3.06. The largest absolute Gasteiger partial charge is 0.496 e. The first kappa shape index (κ1) is 16.1. The van der Waals surface area contributed by atoms with Crippen LogP contribution in [0.3, 0.4) is 0 Å². The monoisotopic (exact) mass is 370 g/mol. The summed E-state index contributed by atoms with van der Waals surface area (Å²) in [6.07, 6.45) is -0.828. The van der Waals surface area contributed by atoms with Crippen molar-refractivity contribution in [2.75, 3.05) is 13.7 Å². The summed E-state index contributed by atoms with van der Waals surface area (Å²) in [4.78, 5) is 0. The summed E-state index contributed by atoms with van der Waals surface area (Å²) in [6, 6.07) is 10.6. The molecule has 0 aromatic heterocycles. The second-order valence-electron chi connectivity index (χ2n) is 4.41. The predicted molar refractivity (Wildman–Crippen MR) is 87.4 cm³/mol. The Hall–Kier alpha value is -1.23.